The average molecular weight is 204 g/mol. The summed E-state index contributed by atoms with van der Waals surface area (Å²) in [6, 6.07) is 0. The third kappa shape index (κ3) is 4.33. The maximum Gasteiger partial charge on any atom is 0.0226 e. The first-order valence-corrected chi connectivity index (χ1v) is 6.18. The van der Waals surface area contributed by atoms with E-state index in [2.05, 4.69) is 11.8 Å². The van der Waals surface area contributed by atoms with Crippen LogP contribution in [0.2, 0.25) is 0 Å². The first-order chi connectivity index (χ1) is 6.36. The van der Waals surface area contributed by atoms with Gasteiger partial charge in [0.05, 0.1) is 0 Å². The molecule has 1 heterocycles. The van der Waals surface area contributed by atoms with Crippen LogP contribution >= 0.6 is 11.6 Å². The third-order valence-electron chi connectivity index (χ3n) is 2.95. The molecule has 0 aromatic heterocycles. The van der Waals surface area contributed by atoms with Crippen molar-refractivity contribution in [3.63, 3.8) is 0 Å². The van der Waals surface area contributed by atoms with Gasteiger partial charge < -0.3 is 4.90 Å². The number of piperidine rings is 1. The van der Waals surface area contributed by atoms with Crippen LogP contribution in [0.4, 0.5) is 0 Å². The molecule has 0 spiro atoms. The number of unbranched alkanes of at least 4 members (excludes halogenated alkanes) is 1. The fraction of sp³-hybridized carbons (Fsp3) is 1.00. The van der Waals surface area contributed by atoms with Crippen molar-refractivity contribution in [3.8, 4) is 0 Å². The molecular formula is C11H22ClN. The van der Waals surface area contributed by atoms with Crippen LogP contribution in [0.15, 0.2) is 0 Å². The van der Waals surface area contributed by atoms with E-state index in [0.29, 0.717) is 0 Å². The molecule has 0 radical (unpaired) electrons. The van der Waals surface area contributed by atoms with Gasteiger partial charge in [-0.15, -0.1) is 11.6 Å². The molecule has 0 aromatic carbocycles. The molecular weight excluding hydrogens is 182 g/mol. The minimum Gasteiger partial charge on any atom is -0.303 e. The number of hydrogen-bond acceptors (Lipinski definition) is 1. The lowest BCUT2D eigenvalue weighted by Gasteiger charge is -2.32. The number of hydrogen-bond donors (Lipinski definition) is 0. The van der Waals surface area contributed by atoms with Gasteiger partial charge in [-0.2, -0.15) is 0 Å². The van der Waals surface area contributed by atoms with Crippen LogP contribution in [-0.4, -0.2) is 30.4 Å². The Kier molecular flexibility index (Phi) is 5.81. The summed E-state index contributed by atoms with van der Waals surface area (Å²) in [4.78, 5) is 2.62. The number of rotatable bonds is 5. The minimum absolute atomic E-state index is 0.840. The molecule has 0 bridgehead atoms. The van der Waals surface area contributed by atoms with Crippen molar-refractivity contribution in [1.29, 1.82) is 0 Å². The first kappa shape index (κ1) is 11.3. The molecule has 1 rings (SSSR count). The molecule has 1 nitrogen and oxygen atoms in total. The van der Waals surface area contributed by atoms with Crippen molar-refractivity contribution in [2.45, 2.75) is 39.0 Å². The van der Waals surface area contributed by atoms with E-state index in [1.165, 1.54) is 51.7 Å². The molecule has 1 aliphatic heterocycles. The Balaban J connectivity index is 2.16. The van der Waals surface area contributed by atoms with Crippen LogP contribution < -0.4 is 0 Å². The molecule has 0 N–H and O–H groups in total. The van der Waals surface area contributed by atoms with Gasteiger partial charge in [-0.3, -0.25) is 0 Å². The lowest BCUT2D eigenvalue weighted by Crippen LogP contribution is -2.36. The Hall–Kier alpha value is 0.250. The normalized spacial score (nSPS) is 24.9. The topological polar surface area (TPSA) is 3.24 Å². The van der Waals surface area contributed by atoms with Gasteiger partial charge in [0.15, 0.2) is 0 Å². The van der Waals surface area contributed by atoms with Crippen LogP contribution in [0, 0.1) is 5.92 Å². The highest BCUT2D eigenvalue weighted by Gasteiger charge is 2.18. The van der Waals surface area contributed by atoms with E-state index in [4.69, 9.17) is 11.6 Å². The summed E-state index contributed by atoms with van der Waals surface area (Å²) in [7, 11) is 0. The number of halogens is 1. The highest BCUT2D eigenvalue weighted by Crippen LogP contribution is 2.20. The first-order valence-electron chi connectivity index (χ1n) is 5.65. The Bertz CT molecular complexity index is 125. The lowest BCUT2D eigenvalue weighted by molar-refractivity contribution is 0.170. The standard InChI is InChI=1S/C11H22ClN/c1-2-3-8-13-9-4-5-11(10-13)6-7-12/h11H,2-10H2,1H3. The highest BCUT2D eigenvalue weighted by atomic mass is 35.5. The molecule has 2 heteroatoms. The van der Waals surface area contributed by atoms with Crippen molar-refractivity contribution >= 4 is 11.6 Å². The van der Waals surface area contributed by atoms with Crippen molar-refractivity contribution in [2.24, 2.45) is 5.92 Å². The van der Waals surface area contributed by atoms with E-state index in [1.807, 2.05) is 0 Å². The van der Waals surface area contributed by atoms with Crippen LogP contribution in [0.1, 0.15) is 39.0 Å². The van der Waals surface area contributed by atoms with Crippen LogP contribution in [0.3, 0.4) is 0 Å². The quantitative estimate of drug-likeness (QED) is 0.621. The summed E-state index contributed by atoms with van der Waals surface area (Å²) in [5, 5.41) is 0. The summed E-state index contributed by atoms with van der Waals surface area (Å²) < 4.78 is 0. The summed E-state index contributed by atoms with van der Waals surface area (Å²) in [5.41, 5.74) is 0. The zero-order valence-electron chi connectivity index (χ0n) is 8.77. The van der Waals surface area contributed by atoms with Gasteiger partial charge in [0.1, 0.15) is 0 Å². The molecule has 1 unspecified atom stereocenters. The molecule has 0 aliphatic carbocycles. The summed E-state index contributed by atoms with van der Waals surface area (Å²) >= 11 is 5.77. The van der Waals surface area contributed by atoms with Crippen molar-refractivity contribution in [3.05, 3.63) is 0 Å². The highest BCUT2D eigenvalue weighted by molar-refractivity contribution is 6.17. The van der Waals surface area contributed by atoms with E-state index in [0.717, 1.165) is 11.8 Å². The van der Waals surface area contributed by atoms with Gasteiger partial charge in [0, 0.05) is 12.4 Å². The van der Waals surface area contributed by atoms with E-state index in [-0.39, 0.29) is 0 Å². The van der Waals surface area contributed by atoms with Gasteiger partial charge in [-0.1, -0.05) is 13.3 Å². The third-order valence-corrected chi connectivity index (χ3v) is 3.17. The zero-order valence-corrected chi connectivity index (χ0v) is 9.52. The van der Waals surface area contributed by atoms with Crippen molar-refractivity contribution < 1.29 is 0 Å². The number of nitrogens with zero attached hydrogens (tertiary/aromatic N) is 1. The maximum absolute atomic E-state index is 5.77. The molecule has 78 valence electrons. The molecule has 13 heavy (non-hydrogen) atoms. The van der Waals surface area contributed by atoms with Crippen molar-refractivity contribution in [1.82, 2.24) is 4.90 Å². The number of alkyl halides is 1. The van der Waals surface area contributed by atoms with Crippen LogP contribution in [0.25, 0.3) is 0 Å². The number of likely N-dealkylation sites (tertiary alicyclic amines) is 1. The second kappa shape index (κ2) is 6.67. The predicted molar refractivity (Wildman–Crippen MR) is 59.4 cm³/mol. The van der Waals surface area contributed by atoms with Gasteiger partial charge in [-0.05, 0) is 44.7 Å². The lowest BCUT2D eigenvalue weighted by atomic mass is 9.95. The Morgan fingerprint density at radius 1 is 1.46 bits per heavy atom. The molecule has 1 saturated heterocycles. The summed E-state index contributed by atoms with van der Waals surface area (Å²) in [6.07, 6.45) is 6.66. The largest absolute Gasteiger partial charge is 0.303 e. The summed E-state index contributed by atoms with van der Waals surface area (Å²) in [6.45, 7) is 6.18. The van der Waals surface area contributed by atoms with Crippen molar-refractivity contribution in [2.75, 3.05) is 25.5 Å². The maximum atomic E-state index is 5.77. The predicted octanol–water partition coefficient (Wildman–Crippen LogP) is 3.13. The molecule has 1 aliphatic rings. The van der Waals surface area contributed by atoms with E-state index >= 15 is 0 Å². The molecule has 0 amide bonds. The second-order valence-electron chi connectivity index (χ2n) is 4.14. The molecule has 1 fully saturated rings. The SMILES string of the molecule is CCCCN1CCCC(CCCl)C1. The van der Waals surface area contributed by atoms with Crippen LogP contribution in [0.5, 0.6) is 0 Å². The van der Waals surface area contributed by atoms with Gasteiger partial charge in [-0.25, -0.2) is 0 Å². The fourth-order valence-corrected chi connectivity index (χ4v) is 2.43. The molecule has 1 atom stereocenters. The van der Waals surface area contributed by atoms with Gasteiger partial charge in [0.25, 0.3) is 0 Å². The summed E-state index contributed by atoms with van der Waals surface area (Å²) in [5.74, 6) is 1.72. The van der Waals surface area contributed by atoms with Gasteiger partial charge in [0.2, 0.25) is 0 Å². The van der Waals surface area contributed by atoms with Crippen LogP contribution in [-0.2, 0) is 0 Å². The monoisotopic (exact) mass is 203 g/mol. The van der Waals surface area contributed by atoms with E-state index < -0.39 is 0 Å². The van der Waals surface area contributed by atoms with E-state index in [1.54, 1.807) is 0 Å². The Morgan fingerprint density at radius 3 is 3.00 bits per heavy atom. The average Bonchev–Trinajstić information content (AvgIpc) is 2.16. The smallest absolute Gasteiger partial charge is 0.0226 e. The molecule has 0 saturated carbocycles. The Labute approximate surface area is 87.4 Å². The zero-order chi connectivity index (χ0) is 9.52. The second-order valence-corrected chi connectivity index (χ2v) is 4.52. The van der Waals surface area contributed by atoms with Gasteiger partial charge >= 0.3 is 0 Å². The Morgan fingerprint density at radius 2 is 2.31 bits per heavy atom. The van der Waals surface area contributed by atoms with E-state index in [9.17, 15) is 0 Å². The minimum atomic E-state index is 0.840. The fourth-order valence-electron chi connectivity index (χ4n) is 2.13. The molecule has 0 aromatic rings.